The number of nitrogens with zero attached hydrogens (tertiary/aromatic N) is 1. The van der Waals surface area contributed by atoms with Crippen LogP contribution < -0.4 is 19.5 Å². The van der Waals surface area contributed by atoms with Gasteiger partial charge in [-0.15, -0.1) is 0 Å². The van der Waals surface area contributed by atoms with Gasteiger partial charge in [-0.1, -0.05) is 12.1 Å². The Kier molecular flexibility index (Phi) is 5.46. The molecule has 2 N–H and O–H groups in total. The quantitative estimate of drug-likeness (QED) is 0.768. The van der Waals surface area contributed by atoms with Crippen LogP contribution in [0.4, 0.5) is 5.69 Å². The summed E-state index contributed by atoms with van der Waals surface area (Å²) in [6.07, 6.45) is 0.802. The molecule has 0 spiro atoms. The van der Waals surface area contributed by atoms with E-state index in [0.29, 0.717) is 18.9 Å². The fourth-order valence-electron chi connectivity index (χ4n) is 4.94. The first-order chi connectivity index (χ1) is 15.1. The standard InChI is InChI=1S/C24H28N2O5/c1-29-16-6-7-18-17(12-16)23(24(28)25-18)15-8-10-26(11-9-15)13-19(27)22-14-30-20-4-2-3-5-21(20)31-22/h2-7,12,15,19,22-23,27H,8-11,13-14H2,1H3,(H,25,28). The molecule has 1 saturated heterocycles. The largest absolute Gasteiger partial charge is 0.497 e. The number of hydrogen-bond acceptors (Lipinski definition) is 6. The molecule has 3 heterocycles. The van der Waals surface area contributed by atoms with E-state index in [4.69, 9.17) is 14.2 Å². The molecule has 3 atom stereocenters. The van der Waals surface area contributed by atoms with Crippen molar-refractivity contribution >= 4 is 11.6 Å². The summed E-state index contributed by atoms with van der Waals surface area (Å²) in [6.45, 7) is 2.56. The number of nitrogens with one attached hydrogen (secondary N) is 1. The molecule has 0 aromatic heterocycles. The Labute approximate surface area is 181 Å². The number of rotatable bonds is 5. The molecule has 5 rings (SSSR count). The van der Waals surface area contributed by atoms with Crippen LogP contribution in [0, 0.1) is 5.92 Å². The van der Waals surface area contributed by atoms with Crippen LogP contribution in [0.1, 0.15) is 24.3 Å². The summed E-state index contributed by atoms with van der Waals surface area (Å²) in [7, 11) is 1.64. The molecule has 7 nitrogen and oxygen atoms in total. The predicted octanol–water partition coefficient (Wildman–Crippen LogP) is 2.64. The zero-order valence-electron chi connectivity index (χ0n) is 17.6. The number of carbonyl (C=O) groups excluding carboxylic acids is 1. The second kappa shape index (κ2) is 8.40. The van der Waals surface area contributed by atoms with Gasteiger partial charge in [-0.2, -0.15) is 0 Å². The van der Waals surface area contributed by atoms with Crippen molar-refractivity contribution < 1.29 is 24.1 Å². The molecular formula is C24H28N2O5. The number of methoxy groups -OCH3 is 1. The average molecular weight is 424 g/mol. The molecule has 164 valence electrons. The molecule has 3 aliphatic rings. The number of hydrogen-bond donors (Lipinski definition) is 2. The van der Waals surface area contributed by atoms with Crippen LogP contribution in [0.15, 0.2) is 42.5 Å². The lowest BCUT2D eigenvalue weighted by molar-refractivity contribution is -0.118. The molecule has 2 aromatic carbocycles. The van der Waals surface area contributed by atoms with Gasteiger partial charge in [0.2, 0.25) is 5.91 Å². The number of anilines is 1. The summed E-state index contributed by atoms with van der Waals surface area (Å²) in [6, 6.07) is 13.3. The number of β-amino-alcohol motifs (C(OH)–C–C–N with tert-alkyl or cyclic N) is 1. The smallest absolute Gasteiger partial charge is 0.232 e. The van der Waals surface area contributed by atoms with E-state index in [9.17, 15) is 9.90 Å². The fourth-order valence-corrected chi connectivity index (χ4v) is 4.94. The molecule has 0 radical (unpaired) electrons. The number of piperidine rings is 1. The second-order valence-electron chi connectivity index (χ2n) is 8.54. The lowest BCUT2D eigenvalue weighted by Crippen LogP contribution is -2.48. The van der Waals surface area contributed by atoms with Crippen molar-refractivity contribution in [1.29, 1.82) is 0 Å². The van der Waals surface area contributed by atoms with Crippen molar-refractivity contribution in [3.63, 3.8) is 0 Å². The first-order valence-corrected chi connectivity index (χ1v) is 10.9. The van der Waals surface area contributed by atoms with Gasteiger partial charge in [-0.25, -0.2) is 0 Å². The van der Waals surface area contributed by atoms with Crippen molar-refractivity contribution in [3.05, 3.63) is 48.0 Å². The van der Waals surface area contributed by atoms with E-state index in [0.717, 1.165) is 48.7 Å². The van der Waals surface area contributed by atoms with E-state index >= 15 is 0 Å². The highest BCUT2D eigenvalue weighted by Crippen LogP contribution is 2.43. The van der Waals surface area contributed by atoms with Gasteiger partial charge in [-0.05, 0) is 67.7 Å². The maximum atomic E-state index is 12.7. The van der Waals surface area contributed by atoms with Crippen LogP contribution in [0.25, 0.3) is 0 Å². The number of ether oxygens (including phenoxy) is 3. The van der Waals surface area contributed by atoms with Gasteiger partial charge in [0.1, 0.15) is 18.5 Å². The van der Waals surface area contributed by atoms with Gasteiger partial charge < -0.3 is 29.5 Å². The van der Waals surface area contributed by atoms with Gasteiger partial charge in [0.05, 0.1) is 13.0 Å². The lowest BCUT2D eigenvalue weighted by atomic mass is 9.80. The predicted molar refractivity (Wildman–Crippen MR) is 116 cm³/mol. The molecule has 1 fully saturated rings. The number of para-hydroxylation sites is 2. The zero-order chi connectivity index (χ0) is 21.4. The van der Waals surface area contributed by atoms with E-state index in [-0.39, 0.29) is 23.8 Å². The Morgan fingerprint density at radius 3 is 2.74 bits per heavy atom. The Bertz CT molecular complexity index is 957. The number of benzene rings is 2. The lowest BCUT2D eigenvalue weighted by Gasteiger charge is -2.37. The van der Waals surface area contributed by atoms with Crippen LogP contribution in [-0.2, 0) is 4.79 Å². The summed E-state index contributed by atoms with van der Waals surface area (Å²) >= 11 is 0. The van der Waals surface area contributed by atoms with E-state index in [1.807, 2.05) is 42.5 Å². The highest BCUT2D eigenvalue weighted by molar-refractivity contribution is 6.03. The maximum absolute atomic E-state index is 12.7. The number of amides is 1. The van der Waals surface area contributed by atoms with Gasteiger partial charge in [0.25, 0.3) is 0 Å². The van der Waals surface area contributed by atoms with Crippen molar-refractivity contribution in [2.45, 2.75) is 31.0 Å². The number of aliphatic hydroxyl groups excluding tert-OH is 1. The van der Waals surface area contributed by atoms with Gasteiger partial charge in [-0.3, -0.25) is 4.79 Å². The number of likely N-dealkylation sites (tertiary alicyclic amines) is 1. The Balaban J connectivity index is 1.18. The van der Waals surface area contributed by atoms with Crippen LogP contribution in [0.2, 0.25) is 0 Å². The topological polar surface area (TPSA) is 80.3 Å². The maximum Gasteiger partial charge on any atom is 0.232 e. The van der Waals surface area contributed by atoms with Crippen molar-refractivity contribution in [3.8, 4) is 17.2 Å². The summed E-state index contributed by atoms with van der Waals surface area (Å²) < 4.78 is 17.0. The SMILES string of the molecule is COc1ccc2c(c1)C(C1CCN(CC(O)C3COc4ccccc4O3)CC1)C(=O)N2. The number of carbonyl (C=O) groups is 1. The molecule has 1 amide bonds. The van der Waals surface area contributed by atoms with Gasteiger partial charge >= 0.3 is 0 Å². The van der Waals surface area contributed by atoms with Crippen molar-refractivity contribution in [2.75, 3.05) is 38.7 Å². The third kappa shape index (κ3) is 3.95. The number of aliphatic hydroxyl groups is 1. The molecule has 0 bridgehead atoms. The van der Waals surface area contributed by atoms with E-state index < -0.39 is 6.10 Å². The minimum atomic E-state index is -0.635. The zero-order valence-corrected chi connectivity index (χ0v) is 17.6. The van der Waals surface area contributed by atoms with Crippen LogP contribution >= 0.6 is 0 Å². The van der Waals surface area contributed by atoms with E-state index in [2.05, 4.69) is 10.2 Å². The molecule has 2 aromatic rings. The van der Waals surface area contributed by atoms with Gasteiger partial charge in [0, 0.05) is 12.2 Å². The Morgan fingerprint density at radius 1 is 1.19 bits per heavy atom. The second-order valence-corrected chi connectivity index (χ2v) is 8.54. The third-order valence-electron chi connectivity index (χ3n) is 6.64. The summed E-state index contributed by atoms with van der Waals surface area (Å²) in [4.78, 5) is 14.9. The van der Waals surface area contributed by atoms with Gasteiger partial charge in [0.15, 0.2) is 17.6 Å². The summed E-state index contributed by atoms with van der Waals surface area (Å²) in [5.41, 5.74) is 1.93. The first-order valence-electron chi connectivity index (χ1n) is 10.9. The molecule has 7 heteroatoms. The highest BCUT2D eigenvalue weighted by atomic mass is 16.6. The van der Waals surface area contributed by atoms with E-state index in [1.54, 1.807) is 7.11 Å². The fraction of sp³-hybridized carbons (Fsp3) is 0.458. The minimum Gasteiger partial charge on any atom is -0.497 e. The van der Waals surface area contributed by atoms with E-state index in [1.165, 1.54) is 0 Å². The van der Waals surface area contributed by atoms with Crippen LogP contribution in [-0.4, -0.2) is 61.5 Å². The monoisotopic (exact) mass is 424 g/mol. The molecular weight excluding hydrogens is 396 g/mol. The summed E-state index contributed by atoms with van der Waals surface area (Å²) in [5.74, 6) is 2.40. The highest BCUT2D eigenvalue weighted by Gasteiger charge is 2.39. The van der Waals surface area contributed by atoms with Crippen LogP contribution in [0.3, 0.4) is 0 Å². The Hall–Kier alpha value is -2.77. The number of fused-ring (bicyclic) bond motifs is 2. The molecule has 3 unspecified atom stereocenters. The molecule has 3 aliphatic heterocycles. The molecule has 0 saturated carbocycles. The van der Waals surface area contributed by atoms with Crippen molar-refractivity contribution in [2.24, 2.45) is 5.92 Å². The van der Waals surface area contributed by atoms with Crippen LogP contribution in [0.5, 0.6) is 17.2 Å². The average Bonchev–Trinajstić information content (AvgIpc) is 3.14. The summed E-state index contributed by atoms with van der Waals surface area (Å²) in [5, 5.41) is 13.7. The third-order valence-corrected chi connectivity index (χ3v) is 6.64. The molecule has 0 aliphatic carbocycles. The first kappa shape index (κ1) is 20.2. The normalized spacial score (nSPS) is 24.4. The molecule has 31 heavy (non-hydrogen) atoms. The Morgan fingerprint density at radius 2 is 1.97 bits per heavy atom. The minimum absolute atomic E-state index is 0.0770. The van der Waals surface area contributed by atoms with Crippen molar-refractivity contribution in [1.82, 2.24) is 4.90 Å².